The van der Waals surface area contributed by atoms with Gasteiger partial charge in [0.25, 0.3) is 0 Å². The summed E-state index contributed by atoms with van der Waals surface area (Å²) in [7, 11) is 0. The van der Waals surface area contributed by atoms with E-state index in [-0.39, 0.29) is 36.3 Å². The fourth-order valence-electron chi connectivity index (χ4n) is 3.37. The second kappa shape index (κ2) is 9.33. The highest BCUT2D eigenvalue weighted by Crippen LogP contribution is 2.24. The maximum absolute atomic E-state index is 12.7. The summed E-state index contributed by atoms with van der Waals surface area (Å²) >= 11 is 0. The topological polar surface area (TPSA) is 78.7 Å². The summed E-state index contributed by atoms with van der Waals surface area (Å²) in [6.45, 7) is 7.46. The number of nitrogens with zero attached hydrogens (tertiary/aromatic N) is 2. The van der Waals surface area contributed by atoms with Crippen LogP contribution in [0.2, 0.25) is 0 Å². The van der Waals surface area contributed by atoms with Crippen LogP contribution in [0.3, 0.4) is 0 Å². The fourth-order valence-corrected chi connectivity index (χ4v) is 3.37. The van der Waals surface area contributed by atoms with Gasteiger partial charge >= 0.3 is 6.03 Å². The Morgan fingerprint density at radius 2 is 1.91 bits per heavy atom. The van der Waals surface area contributed by atoms with Gasteiger partial charge in [0.05, 0.1) is 5.92 Å². The first kappa shape index (κ1) is 20.0. The summed E-state index contributed by atoms with van der Waals surface area (Å²) in [5, 5.41) is 2.94. The molecule has 6 nitrogen and oxygen atoms in total. The first-order valence-corrected chi connectivity index (χ1v) is 8.56. The van der Waals surface area contributed by atoms with Crippen molar-refractivity contribution in [3.63, 3.8) is 0 Å². The Balaban J connectivity index is 0.00000264. The van der Waals surface area contributed by atoms with Gasteiger partial charge in [-0.15, -0.1) is 12.4 Å². The number of amides is 3. The smallest absolute Gasteiger partial charge is 0.317 e. The van der Waals surface area contributed by atoms with Gasteiger partial charge in [0.1, 0.15) is 0 Å². The van der Waals surface area contributed by atoms with Crippen molar-refractivity contribution in [2.45, 2.75) is 45.6 Å². The fraction of sp³-hybridized carbons (Fsp3) is 0.875. The monoisotopic (exact) mass is 346 g/mol. The molecule has 23 heavy (non-hydrogen) atoms. The number of urea groups is 1. The van der Waals surface area contributed by atoms with Gasteiger partial charge < -0.3 is 20.9 Å². The van der Waals surface area contributed by atoms with Crippen LogP contribution in [0.1, 0.15) is 39.5 Å². The lowest BCUT2D eigenvalue weighted by molar-refractivity contribution is -0.137. The Morgan fingerprint density at radius 3 is 2.57 bits per heavy atom. The molecule has 2 rings (SSSR count). The average molecular weight is 347 g/mol. The molecule has 2 atom stereocenters. The third-order valence-electron chi connectivity index (χ3n) is 4.65. The predicted octanol–water partition coefficient (Wildman–Crippen LogP) is 1.44. The maximum Gasteiger partial charge on any atom is 0.317 e. The van der Waals surface area contributed by atoms with E-state index in [4.69, 9.17) is 5.73 Å². The number of hydrogen-bond donors (Lipinski definition) is 2. The van der Waals surface area contributed by atoms with Crippen LogP contribution in [-0.4, -0.2) is 60.5 Å². The zero-order valence-electron chi connectivity index (χ0n) is 14.3. The van der Waals surface area contributed by atoms with Crippen molar-refractivity contribution in [3.8, 4) is 0 Å². The largest absolute Gasteiger partial charge is 0.338 e. The molecule has 0 radical (unpaired) electrons. The second-order valence-electron chi connectivity index (χ2n) is 6.93. The van der Waals surface area contributed by atoms with Gasteiger partial charge in [0.15, 0.2) is 0 Å². The van der Waals surface area contributed by atoms with E-state index in [0.717, 1.165) is 38.8 Å². The highest BCUT2D eigenvalue weighted by molar-refractivity contribution is 5.85. The lowest BCUT2D eigenvalue weighted by Gasteiger charge is -2.35. The maximum atomic E-state index is 12.7. The van der Waals surface area contributed by atoms with Gasteiger partial charge in [-0.2, -0.15) is 0 Å². The molecule has 2 fully saturated rings. The van der Waals surface area contributed by atoms with Gasteiger partial charge in [-0.3, -0.25) is 4.79 Å². The third kappa shape index (κ3) is 5.24. The minimum absolute atomic E-state index is 0. The van der Waals surface area contributed by atoms with Crippen molar-refractivity contribution < 1.29 is 9.59 Å². The summed E-state index contributed by atoms with van der Waals surface area (Å²) < 4.78 is 0. The first-order valence-electron chi connectivity index (χ1n) is 8.56. The Bertz CT molecular complexity index is 406. The molecule has 3 N–H and O–H groups in total. The Morgan fingerprint density at radius 1 is 1.22 bits per heavy atom. The Labute approximate surface area is 145 Å². The third-order valence-corrected chi connectivity index (χ3v) is 4.65. The Hall–Kier alpha value is -1.01. The van der Waals surface area contributed by atoms with Crippen molar-refractivity contribution in [2.75, 3.05) is 32.7 Å². The molecule has 2 unspecified atom stereocenters. The van der Waals surface area contributed by atoms with Gasteiger partial charge in [-0.25, -0.2) is 4.79 Å². The molecule has 0 aromatic carbocycles. The van der Waals surface area contributed by atoms with Crippen molar-refractivity contribution in [2.24, 2.45) is 17.6 Å². The average Bonchev–Trinajstić information content (AvgIpc) is 3.00. The van der Waals surface area contributed by atoms with E-state index in [9.17, 15) is 9.59 Å². The molecule has 0 saturated carbocycles. The van der Waals surface area contributed by atoms with Crippen LogP contribution in [0.15, 0.2) is 0 Å². The standard InChI is InChI=1S/C16H30N4O2.ClH/c1-12(2)10-18-16(22)19-7-3-5-13(11-19)15(21)20-8-4-6-14(20)9-17;/h12-14H,3-11,17H2,1-2H3,(H,18,22);1H. The normalized spacial score (nSPS) is 24.5. The van der Waals surface area contributed by atoms with E-state index in [2.05, 4.69) is 19.2 Å². The van der Waals surface area contributed by atoms with Crippen molar-refractivity contribution in [3.05, 3.63) is 0 Å². The number of nitrogens with two attached hydrogens (primary N) is 1. The summed E-state index contributed by atoms with van der Waals surface area (Å²) in [6, 6.07) is 0.153. The molecular weight excluding hydrogens is 316 g/mol. The van der Waals surface area contributed by atoms with E-state index < -0.39 is 0 Å². The molecular formula is C16H31ClN4O2. The molecule has 2 heterocycles. The summed E-state index contributed by atoms with van der Waals surface area (Å²) in [5.41, 5.74) is 5.77. The summed E-state index contributed by atoms with van der Waals surface area (Å²) in [6.07, 6.45) is 3.82. The molecule has 7 heteroatoms. The van der Waals surface area contributed by atoms with E-state index in [1.165, 1.54) is 0 Å². The SMILES string of the molecule is CC(C)CNC(=O)N1CCCC(C(=O)N2CCCC2CN)C1.Cl. The number of hydrogen-bond acceptors (Lipinski definition) is 3. The van der Waals surface area contributed by atoms with Crippen LogP contribution in [0.4, 0.5) is 4.79 Å². The predicted molar refractivity (Wildman–Crippen MR) is 93.6 cm³/mol. The van der Waals surface area contributed by atoms with E-state index in [1.54, 1.807) is 4.90 Å². The van der Waals surface area contributed by atoms with Crippen LogP contribution < -0.4 is 11.1 Å². The number of halogens is 1. The molecule has 0 spiro atoms. The minimum atomic E-state index is -0.0642. The number of piperidine rings is 1. The minimum Gasteiger partial charge on any atom is -0.338 e. The van der Waals surface area contributed by atoms with Crippen LogP contribution in [-0.2, 0) is 4.79 Å². The van der Waals surface area contributed by atoms with E-state index in [1.807, 2.05) is 4.90 Å². The van der Waals surface area contributed by atoms with E-state index in [0.29, 0.717) is 25.6 Å². The van der Waals surface area contributed by atoms with Gasteiger partial charge in [-0.05, 0) is 31.6 Å². The summed E-state index contributed by atoms with van der Waals surface area (Å²) in [4.78, 5) is 28.6. The van der Waals surface area contributed by atoms with E-state index >= 15 is 0 Å². The zero-order valence-corrected chi connectivity index (χ0v) is 15.1. The van der Waals surface area contributed by atoms with Gasteiger partial charge in [0, 0.05) is 38.8 Å². The number of carbonyl (C=O) groups excluding carboxylic acids is 2. The highest BCUT2D eigenvalue weighted by Gasteiger charge is 2.35. The van der Waals surface area contributed by atoms with Crippen molar-refractivity contribution in [1.29, 1.82) is 0 Å². The number of likely N-dealkylation sites (tertiary alicyclic amines) is 2. The number of nitrogens with one attached hydrogen (secondary N) is 1. The van der Waals surface area contributed by atoms with Crippen LogP contribution >= 0.6 is 12.4 Å². The second-order valence-corrected chi connectivity index (χ2v) is 6.93. The molecule has 3 amide bonds. The van der Waals surface area contributed by atoms with Gasteiger partial charge in [0.2, 0.25) is 5.91 Å². The van der Waals surface area contributed by atoms with Gasteiger partial charge in [-0.1, -0.05) is 13.8 Å². The molecule has 2 aliphatic heterocycles. The number of carbonyl (C=O) groups is 2. The first-order chi connectivity index (χ1) is 10.5. The molecule has 2 saturated heterocycles. The van der Waals surface area contributed by atoms with Crippen molar-refractivity contribution >= 4 is 24.3 Å². The summed E-state index contributed by atoms with van der Waals surface area (Å²) in [5.74, 6) is 0.557. The van der Waals surface area contributed by atoms with Crippen molar-refractivity contribution in [1.82, 2.24) is 15.1 Å². The molecule has 2 aliphatic rings. The van der Waals surface area contributed by atoms with Crippen LogP contribution in [0.5, 0.6) is 0 Å². The highest BCUT2D eigenvalue weighted by atomic mass is 35.5. The lowest BCUT2D eigenvalue weighted by Crippen LogP contribution is -2.51. The molecule has 0 aromatic heterocycles. The van der Waals surface area contributed by atoms with Crippen LogP contribution in [0, 0.1) is 11.8 Å². The molecule has 0 aliphatic carbocycles. The molecule has 0 aromatic rings. The quantitative estimate of drug-likeness (QED) is 0.808. The molecule has 0 bridgehead atoms. The lowest BCUT2D eigenvalue weighted by atomic mass is 9.96. The molecule has 134 valence electrons. The number of rotatable bonds is 4. The zero-order chi connectivity index (χ0) is 16.1. The van der Waals surface area contributed by atoms with Crippen LogP contribution in [0.25, 0.3) is 0 Å². The Kier molecular flexibility index (Phi) is 8.12.